The van der Waals surface area contributed by atoms with Crippen molar-refractivity contribution in [1.82, 2.24) is 0 Å². The first-order valence-electron chi connectivity index (χ1n) is 8.38. The first-order chi connectivity index (χ1) is 13.0. The number of aryl methyl sites for hydroxylation is 2. The van der Waals surface area contributed by atoms with Crippen LogP contribution in [0.25, 0.3) is 0 Å². The van der Waals surface area contributed by atoms with E-state index in [1.807, 2.05) is 29.6 Å². The second-order valence-corrected chi connectivity index (χ2v) is 7.48. The van der Waals surface area contributed by atoms with E-state index in [1.54, 1.807) is 25.3 Å². The highest BCUT2D eigenvalue weighted by atomic mass is 35.5. The molecule has 27 heavy (non-hydrogen) atoms. The Morgan fingerprint density at radius 3 is 2.63 bits per heavy atom. The van der Waals surface area contributed by atoms with E-state index in [0.717, 1.165) is 11.3 Å². The lowest BCUT2D eigenvalue weighted by Crippen LogP contribution is -2.10. The summed E-state index contributed by atoms with van der Waals surface area (Å²) in [6, 6.07) is 13.0. The van der Waals surface area contributed by atoms with Crippen molar-refractivity contribution in [3.63, 3.8) is 0 Å². The van der Waals surface area contributed by atoms with E-state index in [2.05, 4.69) is 19.2 Å². The van der Waals surface area contributed by atoms with Crippen LogP contribution < -0.4 is 14.8 Å². The summed E-state index contributed by atoms with van der Waals surface area (Å²) in [5.41, 5.74) is 4.00. The standard InChI is InChI=1S/C21H20ClNO3S/c1-13-4-6-17(8-14(13)2)26-11-15-9-20(27-12-15)21(24)23-16-5-7-19(25-3)18(22)10-16/h4-10,12H,11H2,1-3H3,(H,23,24). The zero-order valence-corrected chi connectivity index (χ0v) is 16.9. The van der Waals surface area contributed by atoms with Crippen LogP contribution in [0.3, 0.4) is 0 Å². The Balaban J connectivity index is 1.61. The first-order valence-corrected chi connectivity index (χ1v) is 9.64. The second-order valence-electron chi connectivity index (χ2n) is 6.16. The number of anilines is 1. The summed E-state index contributed by atoms with van der Waals surface area (Å²) in [4.78, 5) is 13.0. The average Bonchev–Trinajstić information content (AvgIpc) is 3.12. The molecule has 0 radical (unpaired) electrons. The summed E-state index contributed by atoms with van der Waals surface area (Å²) in [6.07, 6.45) is 0. The fourth-order valence-electron chi connectivity index (χ4n) is 2.48. The van der Waals surface area contributed by atoms with Gasteiger partial charge in [-0.25, -0.2) is 0 Å². The lowest BCUT2D eigenvalue weighted by Gasteiger charge is -2.07. The number of carbonyl (C=O) groups is 1. The number of ether oxygens (including phenoxy) is 2. The SMILES string of the molecule is COc1ccc(NC(=O)c2cc(COc3ccc(C)c(C)c3)cs2)cc1Cl. The molecular formula is C21H20ClNO3S. The van der Waals surface area contributed by atoms with Crippen molar-refractivity contribution in [3.8, 4) is 11.5 Å². The first kappa shape index (κ1) is 19.3. The van der Waals surface area contributed by atoms with Crippen LogP contribution in [0.2, 0.25) is 5.02 Å². The minimum absolute atomic E-state index is 0.182. The number of benzene rings is 2. The Labute approximate surface area is 167 Å². The topological polar surface area (TPSA) is 47.6 Å². The quantitative estimate of drug-likeness (QED) is 0.562. The van der Waals surface area contributed by atoms with Crippen molar-refractivity contribution in [3.05, 3.63) is 74.4 Å². The van der Waals surface area contributed by atoms with Gasteiger partial charge >= 0.3 is 0 Å². The number of thiophene rings is 1. The zero-order chi connectivity index (χ0) is 19.4. The highest BCUT2D eigenvalue weighted by Gasteiger charge is 2.11. The smallest absolute Gasteiger partial charge is 0.265 e. The number of rotatable bonds is 6. The lowest BCUT2D eigenvalue weighted by molar-refractivity contribution is 0.103. The van der Waals surface area contributed by atoms with Gasteiger partial charge in [0, 0.05) is 11.3 Å². The molecule has 3 aromatic rings. The van der Waals surface area contributed by atoms with Crippen LogP contribution in [0.15, 0.2) is 47.8 Å². The fraction of sp³-hybridized carbons (Fsp3) is 0.190. The zero-order valence-electron chi connectivity index (χ0n) is 15.3. The third-order valence-corrected chi connectivity index (χ3v) is 5.44. The number of amides is 1. The van der Waals surface area contributed by atoms with Crippen molar-refractivity contribution in [2.75, 3.05) is 12.4 Å². The molecule has 1 aromatic heterocycles. The van der Waals surface area contributed by atoms with Gasteiger partial charge in [-0.05, 0) is 66.8 Å². The van der Waals surface area contributed by atoms with E-state index in [-0.39, 0.29) is 5.91 Å². The van der Waals surface area contributed by atoms with Gasteiger partial charge in [-0.2, -0.15) is 0 Å². The average molecular weight is 402 g/mol. The highest BCUT2D eigenvalue weighted by molar-refractivity contribution is 7.12. The highest BCUT2D eigenvalue weighted by Crippen LogP contribution is 2.28. The molecule has 0 saturated carbocycles. The monoisotopic (exact) mass is 401 g/mol. The molecule has 3 rings (SSSR count). The lowest BCUT2D eigenvalue weighted by atomic mass is 10.1. The Morgan fingerprint density at radius 1 is 1.11 bits per heavy atom. The molecule has 1 heterocycles. The van der Waals surface area contributed by atoms with Crippen molar-refractivity contribution < 1.29 is 14.3 Å². The van der Waals surface area contributed by atoms with Crippen molar-refractivity contribution in [2.24, 2.45) is 0 Å². The van der Waals surface area contributed by atoms with Crippen LogP contribution >= 0.6 is 22.9 Å². The van der Waals surface area contributed by atoms with Gasteiger partial charge in [-0.15, -0.1) is 11.3 Å². The van der Waals surface area contributed by atoms with E-state index < -0.39 is 0 Å². The maximum absolute atomic E-state index is 12.4. The van der Waals surface area contributed by atoms with Crippen LogP contribution in [-0.2, 0) is 6.61 Å². The summed E-state index contributed by atoms with van der Waals surface area (Å²) in [6.45, 7) is 4.54. The van der Waals surface area contributed by atoms with Crippen molar-refractivity contribution in [2.45, 2.75) is 20.5 Å². The van der Waals surface area contributed by atoms with Crippen molar-refractivity contribution in [1.29, 1.82) is 0 Å². The van der Waals surface area contributed by atoms with Gasteiger partial charge in [-0.1, -0.05) is 17.7 Å². The molecule has 0 spiro atoms. The van der Waals surface area contributed by atoms with Crippen molar-refractivity contribution >= 4 is 34.5 Å². The number of halogens is 1. The van der Waals surface area contributed by atoms with E-state index in [0.29, 0.717) is 27.9 Å². The number of nitrogens with one attached hydrogen (secondary N) is 1. The minimum Gasteiger partial charge on any atom is -0.495 e. The molecule has 4 nitrogen and oxygen atoms in total. The van der Waals surface area contributed by atoms with Gasteiger partial charge < -0.3 is 14.8 Å². The summed E-state index contributed by atoms with van der Waals surface area (Å²) in [5.74, 6) is 1.21. The van der Waals surface area contributed by atoms with Gasteiger partial charge in [-0.3, -0.25) is 4.79 Å². The summed E-state index contributed by atoms with van der Waals surface area (Å²) < 4.78 is 10.9. The predicted molar refractivity (Wildman–Crippen MR) is 111 cm³/mol. The van der Waals surface area contributed by atoms with Gasteiger partial charge in [0.1, 0.15) is 18.1 Å². The predicted octanol–water partition coefficient (Wildman–Crippen LogP) is 5.86. The number of hydrogen-bond donors (Lipinski definition) is 1. The molecule has 6 heteroatoms. The minimum atomic E-state index is -0.182. The molecule has 0 saturated heterocycles. The van der Waals surface area contributed by atoms with Crippen LogP contribution in [-0.4, -0.2) is 13.0 Å². The van der Waals surface area contributed by atoms with E-state index in [1.165, 1.54) is 22.5 Å². The number of hydrogen-bond acceptors (Lipinski definition) is 4. The molecule has 140 valence electrons. The molecular weight excluding hydrogens is 382 g/mol. The normalized spacial score (nSPS) is 10.5. The number of carbonyl (C=O) groups excluding carboxylic acids is 1. The molecule has 0 unspecified atom stereocenters. The van der Waals surface area contributed by atoms with Crippen LogP contribution in [0, 0.1) is 13.8 Å². The largest absolute Gasteiger partial charge is 0.495 e. The fourth-order valence-corrected chi connectivity index (χ4v) is 3.53. The molecule has 0 fully saturated rings. The Morgan fingerprint density at radius 2 is 1.93 bits per heavy atom. The summed E-state index contributed by atoms with van der Waals surface area (Å²) >= 11 is 7.47. The maximum atomic E-state index is 12.4. The molecule has 0 aliphatic carbocycles. The number of methoxy groups -OCH3 is 1. The molecule has 0 bridgehead atoms. The van der Waals surface area contributed by atoms with E-state index in [4.69, 9.17) is 21.1 Å². The molecule has 0 atom stereocenters. The van der Waals surface area contributed by atoms with Gasteiger partial charge in [0.25, 0.3) is 5.91 Å². The van der Waals surface area contributed by atoms with Crippen LogP contribution in [0.1, 0.15) is 26.4 Å². The molecule has 2 aromatic carbocycles. The third-order valence-electron chi connectivity index (χ3n) is 4.17. The van der Waals surface area contributed by atoms with Gasteiger partial charge in [0.2, 0.25) is 0 Å². The van der Waals surface area contributed by atoms with Gasteiger partial charge in [0.15, 0.2) is 0 Å². The Hall–Kier alpha value is -2.50. The Bertz CT molecular complexity index is 968. The second kappa shape index (κ2) is 8.46. The third kappa shape index (κ3) is 4.81. The molecule has 1 N–H and O–H groups in total. The molecule has 0 aliphatic rings. The van der Waals surface area contributed by atoms with E-state index in [9.17, 15) is 4.79 Å². The van der Waals surface area contributed by atoms with Gasteiger partial charge in [0.05, 0.1) is 17.0 Å². The Kier molecular flexibility index (Phi) is 6.04. The molecule has 1 amide bonds. The van der Waals surface area contributed by atoms with E-state index >= 15 is 0 Å². The summed E-state index contributed by atoms with van der Waals surface area (Å²) in [7, 11) is 1.55. The maximum Gasteiger partial charge on any atom is 0.265 e. The van der Waals surface area contributed by atoms with Crippen LogP contribution in [0.5, 0.6) is 11.5 Å². The van der Waals surface area contributed by atoms with Crippen LogP contribution in [0.4, 0.5) is 5.69 Å². The summed E-state index contributed by atoms with van der Waals surface area (Å²) in [5, 5.41) is 5.22. The molecule has 0 aliphatic heterocycles.